The number of benzene rings is 1. The molecule has 7 heteroatoms. The van der Waals surface area contributed by atoms with Gasteiger partial charge in [0.05, 0.1) is 18.1 Å². The lowest BCUT2D eigenvalue weighted by Gasteiger charge is -2.01. The van der Waals surface area contributed by atoms with Gasteiger partial charge in [-0.15, -0.1) is 0 Å². The molecule has 0 aliphatic carbocycles. The third kappa shape index (κ3) is 1.65. The first-order valence-corrected chi connectivity index (χ1v) is 7.92. The molecule has 3 nitrogen and oxygen atoms in total. The molecule has 1 heterocycles. The first kappa shape index (κ1) is 10.9. The first-order valence-electron chi connectivity index (χ1n) is 3.86. The van der Waals surface area contributed by atoms with Crippen molar-refractivity contribution in [2.45, 2.75) is 0 Å². The molecule has 78 valence electrons. The molecule has 15 heavy (non-hydrogen) atoms. The van der Waals surface area contributed by atoms with Crippen LogP contribution in [-0.4, -0.2) is 15.8 Å². The zero-order chi connectivity index (χ0) is 11.0. The summed E-state index contributed by atoms with van der Waals surface area (Å²) < 4.78 is 28.3. The standard InChI is InChI=1S/C8H4F2IN2OP/c9-6-1-4-2-12-13(15-11)8(4)7(10)5(6)3-14/h1-3,15H. The summed E-state index contributed by atoms with van der Waals surface area (Å²) in [7, 11) is 0. The Kier molecular flexibility index (Phi) is 2.97. The third-order valence-corrected chi connectivity index (χ3v) is 3.85. The van der Waals surface area contributed by atoms with Gasteiger partial charge in [0, 0.05) is 5.39 Å². The second-order valence-corrected chi connectivity index (χ2v) is 4.82. The predicted octanol–water partition coefficient (Wildman–Crippen LogP) is 2.92. The Hall–Kier alpha value is -0.620. The molecule has 2 aromatic rings. The molecule has 2 rings (SSSR count). The Labute approximate surface area is 98.2 Å². The molecule has 0 saturated carbocycles. The van der Waals surface area contributed by atoms with Gasteiger partial charge in [-0.25, -0.2) is 13.2 Å². The molecular formula is C8H4F2IN2OP. The molecule has 0 amide bonds. The van der Waals surface area contributed by atoms with Crippen LogP contribution in [0.25, 0.3) is 10.9 Å². The monoisotopic (exact) mass is 340 g/mol. The van der Waals surface area contributed by atoms with Gasteiger partial charge >= 0.3 is 0 Å². The number of carbonyl (C=O) groups excluding carboxylic acids is 1. The molecule has 0 spiro atoms. The highest BCUT2D eigenvalue weighted by atomic mass is 127. The summed E-state index contributed by atoms with van der Waals surface area (Å²) in [5.74, 6) is -1.70. The van der Waals surface area contributed by atoms with E-state index >= 15 is 0 Å². The van der Waals surface area contributed by atoms with Crippen molar-refractivity contribution < 1.29 is 13.6 Å². The third-order valence-electron chi connectivity index (χ3n) is 1.98. The minimum Gasteiger partial charge on any atom is -0.298 e. The van der Waals surface area contributed by atoms with E-state index in [1.807, 2.05) is 22.0 Å². The largest absolute Gasteiger partial charge is 0.298 e. The molecule has 0 fully saturated rings. The smallest absolute Gasteiger partial charge is 0.162 e. The molecule has 0 aliphatic rings. The summed E-state index contributed by atoms with van der Waals surface area (Å²) in [4.78, 5) is 10.5. The van der Waals surface area contributed by atoms with Crippen molar-refractivity contribution in [2.75, 3.05) is 0 Å². The van der Waals surface area contributed by atoms with Crippen LogP contribution in [0.15, 0.2) is 12.3 Å². The van der Waals surface area contributed by atoms with E-state index in [-0.39, 0.29) is 18.2 Å². The van der Waals surface area contributed by atoms with Crippen LogP contribution in [0.1, 0.15) is 10.4 Å². The number of hydrogen-bond donors (Lipinski definition) is 0. The van der Waals surface area contributed by atoms with Gasteiger partial charge in [0.1, 0.15) is 11.3 Å². The normalized spacial score (nSPS) is 11.7. The number of nitrogens with zero attached hydrogens (tertiary/aromatic N) is 2. The highest BCUT2D eigenvalue weighted by Gasteiger charge is 2.16. The van der Waals surface area contributed by atoms with Crippen LogP contribution in [-0.2, 0) is 0 Å². The molecule has 0 radical (unpaired) electrons. The quantitative estimate of drug-likeness (QED) is 0.479. The topological polar surface area (TPSA) is 34.9 Å². The Morgan fingerprint density at radius 1 is 1.53 bits per heavy atom. The Morgan fingerprint density at radius 2 is 2.27 bits per heavy atom. The van der Waals surface area contributed by atoms with Gasteiger partial charge in [-0.05, 0) is 28.1 Å². The summed E-state index contributed by atoms with van der Waals surface area (Å²) in [6, 6.07) is 1.11. The molecule has 1 aromatic carbocycles. The molecule has 1 unspecified atom stereocenters. The molecule has 0 aliphatic heterocycles. The second-order valence-electron chi connectivity index (χ2n) is 2.78. The first-order chi connectivity index (χ1) is 7.19. The lowest BCUT2D eigenvalue weighted by molar-refractivity contribution is 0.111. The number of carbonyl (C=O) groups is 1. The zero-order valence-corrected chi connectivity index (χ0v) is 10.3. The Balaban J connectivity index is 2.89. The number of fused-ring (bicyclic) bond motifs is 1. The van der Waals surface area contributed by atoms with E-state index in [1.165, 1.54) is 10.6 Å². The number of aromatic nitrogens is 2. The summed E-state index contributed by atoms with van der Waals surface area (Å²) in [5.41, 5.74) is -0.370. The summed E-state index contributed by atoms with van der Waals surface area (Å²) in [6.07, 6.45) is 1.75. The lowest BCUT2D eigenvalue weighted by Crippen LogP contribution is -1.96. The van der Waals surface area contributed by atoms with Gasteiger partial charge in [0.15, 0.2) is 12.1 Å². The van der Waals surface area contributed by atoms with E-state index in [4.69, 9.17) is 0 Å². The SMILES string of the molecule is O=Cc1c(F)cc2cnn(PI)c2c1F. The van der Waals surface area contributed by atoms with Gasteiger partial charge in [0.2, 0.25) is 0 Å². The van der Waals surface area contributed by atoms with Crippen LogP contribution in [0.2, 0.25) is 0 Å². The predicted molar refractivity (Wildman–Crippen MR) is 62.8 cm³/mol. The van der Waals surface area contributed by atoms with Crippen LogP contribution < -0.4 is 0 Å². The van der Waals surface area contributed by atoms with Gasteiger partial charge in [-0.3, -0.25) is 4.79 Å². The number of rotatable bonds is 2. The lowest BCUT2D eigenvalue weighted by atomic mass is 10.1. The fourth-order valence-electron chi connectivity index (χ4n) is 1.31. The van der Waals surface area contributed by atoms with Crippen LogP contribution in [0, 0.1) is 11.6 Å². The highest BCUT2D eigenvalue weighted by Crippen LogP contribution is 2.31. The fourth-order valence-corrected chi connectivity index (χ4v) is 2.82. The van der Waals surface area contributed by atoms with E-state index in [1.54, 1.807) is 0 Å². The number of aldehydes is 1. The second kappa shape index (κ2) is 4.09. The van der Waals surface area contributed by atoms with Crippen molar-refractivity contribution in [3.8, 4) is 0 Å². The summed E-state index contributed by atoms with van der Waals surface area (Å²) >= 11 is 2.03. The highest BCUT2D eigenvalue weighted by molar-refractivity contribution is 14.2. The van der Waals surface area contributed by atoms with Crippen molar-refractivity contribution >= 4 is 45.6 Å². The van der Waals surface area contributed by atoms with Gasteiger partial charge in [0.25, 0.3) is 0 Å². The molecule has 1 atom stereocenters. The van der Waals surface area contributed by atoms with Gasteiger partial charge in [-0.1, -0.05) is 0 Å². The molecule has 0 N–H and O–H groups in total. The minimum absolute atomic E-state index is 0.172. The maximum Gasteiger partial charge on any atom is 0.162 e. The van der Waals surface area contributed by atoms with Crippen molar-refractivity contribution in [1.29, 1.82) is 0 Å². The van der Waals surface area contributed by atoms with E-state index in [9.17, 15) is 13.6 Å². The van der Waals surface area contributed by atoms with Crippen LogP contribution in [0.4, 0.5) is 8.78 Å². The molecule has 0 saturated heterocycles. The average Bonchev–Trinajstić information content (AvgIpc) is 2.61. The van der Waals surface area contributed by atoms with E-state index in [0.717, 1.165) is 6.07 Å². The number of hydrogen-bond acceptors (Lipinski definition) is 2. The van der Waals surface area contributed by atoms with Gasteiger partial charge in [-0.2, -0.15) is 5.10 Å². The van der Waals surface area contributed by atoms with E-state index < -0.39 is 17.2 Å². The molecule has 0 bridgehead atoms. The molecule has 1 aromatic heterocycles. The number of halogens is 3. The van der Waals surface area contributed by atoms with Crippen LogP contribution >= 0.6 is 28.4 Å². The van der Waals surface area contributed by atoms with Crippen molar-refractivity contribution in [1.82, 2.24) is 9.55 Å². The van der Waals surface area contributed by atoms with Crippen molar-refractivity contribution in [2.24, 2.45) is 0 Å². The fraction of sp³-hybridized carbons (Fsp3) is 0. The maximum absolute atomic E-state index is 13.7. The van der Waals surface area contributed by atoms with E-state index in [2.05, 4.69) is 5.10 Å². The Bertz CT molecular complexity index is 543. The maximum atomic E-state index is 13.7. The van der Waals surface area contributed by atoms with Crippen LogP contribution in [0.5, 0.6) is 0 Å². The summed E-state index contributed by atoms with van der Waals surface area (Å²) in [5, 5.41) is 4.25. The van der Waals surface area contributed by atoms with Crippen molar-refractivity contribution in [3.63, 3.8) is 0 Å². The molecular weight excluding hydrogens is 336 g/mol. The van der Waals surface area contributed by atoms with E-state index in [0.29, 0.717) is 5.39 Å². The van der Waals surface area contributed by atoms with Crippen LogP contribution in [0.3, 0.4) is 0 Å². The van der Waals surface area contributed by atoms with Crippen molar-refractivity contribution in [3.05, 3.63) is 29.5 Å². The summed E-state index contributed by atoms with van der Waals surface area (Å²) in [6.45, 7) is 0. The zero-order valence-electron chi connectivity index (χ0n) is 7.17. The van der Waals surface area contributed by atoms with Gasteiger partial charge < -0.3 is 0 Å². The minimum atomic E-state index is -0.855. The Morgan fingerprint density at radius 3 is 2.87 bits per heavy atom. The average molecular weight is 340 g/mol.